The van der Waals surface area contributed by atoms with Gasteiger partial charge in [-0.05, 0) is 55.7 Å². The molecule has 1 aliphatic heterocycles. The van der Waals surface area contributed by atoms with E-state index in [1.165, 1.54) is 0 Å². The monoisotopic (exact) mass is 556 g/mol. The van der Waals surface area contributed by atoms with E-state index in [2.05, 4.69) is 33.2 Å². The molecule has 0 saturated carbocycles. The predicted octanol–water partition coefficient (Wildman–Crippen LogP) is 6.40. The molecule has 1 unspecified atom stereocenters. The summed E-state index contributed by atoms with van der Waals surface area (Å²) in [5, 5.41) is 8.71. The van der Waals surface area contributed by atoms with Crippen LogP contribution in [0.5, 0.6) is 11.5 Å². The molecule has 0 saturated heterocycles. The summed E-state index contributed by atoms with van der Waals surface area (Å²) in [5.41, 5.74) is 3.36. The van der Waals surface area contributed by atoms with E-state index in [1.807, 2.05) is 49.4 Å². The summed E-state index contributed by atoms with van der Waals surface area (Å²) in [7, 11) is 1.62. The van der Waals surface area contributed by atoms with Gasteiger partial charge >= 0.3 is 0 Å². The molecule has 35 heavy (non-hydrogen) atoms. The number of hydrogen-bond acceptors (Lipinski definition) is 7. The molecule has 0 fully saturated rings. The summed E-state index contributed by atoms with van der Waals surface area (Å²) in [4.78, 5) is 17.4. The number of fused-ring (bicyclic) bond motifs is 1. The van der Waals surface area contributed by atoms with E-state index in [1.54, 1.807) is 30.5 Å². The number of ketones is 1. The van der Waals surface area contributed by atoms with Crippen molar-refractivity contribution < 1.29 is 14.3 Å². The van der Waals surface area contributed by atoms with Crippen molar-refractivity contribution in [1.82, 2.24) is 14.8 Å². The molecule has 0 bridgehead atoms. The zero-order valence-electron chi connectivity index (χ0n) is 20.3. The van der Waals surface area contributed by atoms with E-state index >= 15 is 0 Å². The van der Waals surface area contributed by atoms with Gasteiger partial charge in [-0.2, -0.15) is 4.98 Å². The Morgan fingerprint density at radius 2 is 1.97 bits per heavy atom. The number of benzene rings is 2. The van der Waals surface area contributed by atoms with Crippen LogP contribution in [-0.2, 0) is 11.4 Å². The van der Waals surface area contributed by atoms with Crippen molar-refractivity contribution in [3.8, 4) is 11.5 Å². The standard InChI is InChI=1S/C26H29BrN4O3S/c1-5-6-13-35-26-29-25-28-16(2)23(17(3)32)24(31(25)30-26)19-9-12-21(22(14-19)33-4)34-15-18-7-10-20(27)11-8-18/h7-12,14,24H,5-6,13,15H2,1-4H3,(H,28,29,30). The fraction of sp³-hybridized carbons (Fsp3) is 0.346. The van der Waals surface area contributed by atoms with E-state index < -0.39 is 6.04 Å². The number of carbonyl (C=O) groups excluding carboxylic acids is 1. The van der Waals surface area contributed by atoms with E-state index in [4.69, 9.17) is 14.6 Å². The maximum atomic E-state index is 12.7. The third kappa shape index (κ3) is 5.73. The number of hydrogen-bond donors (Lipinski definition) is 1. The Kier molecular flexibility index (Phi) is 8.18. The number of nitrogens with zero attached hydrogens (tertiary/aromatic N) is 3. The number of Topliss-reactive ketones (excluding diaryl/α,β-unsaturated/α-hetero) is 1. The van der Waals surface area contributed by atoms with Crippen molar-refractivity contribution in [2.45, 2.75) is 51.4 Å². The maximum Gasteiger partial charge on any atom is 0.227 e. The Bertz CT molecular complexity index is 1240. The van der Waals surface area contributed by atoms with Crippen molar-refractivity contribution in [2.24, 2.45) is 0 Å². The molecule has 184 valence electrons. The number of anilines is 1. The summed E-state index contributed by atoms with van der Waals surface area (Å²) in [6.45, 7) is 6.06. The summed E-state index contributed by atoms with van der Waals surface area (Å²) >= 11 is 5.08. The smallest absolute Gasteiger partial charge is 0.227 e. The number of aromatic nitrogens is 3. The van der Waals surface area contributed by atoms with Crippen molar-refractivity contribution in [1.29, 1.82) is 0 Å². The number of methoxy groups -OCH3 is 1. The molecule has 1 aliphatic rings. The van der Waals surface area contributed by atoms with Crippen molar-refractivity contribution in [3.63, 3.8) is 0 Å². The van der Waals surface area contributed by atoms with E-state index in [9.17, 15) is 4.79 Å². The van der Waals surface area contributed by atoms with Gasteiger partial charge in [-0.25, -0.2) is 4.68 Å². The first-order valence-electron chi connectivity index (χ1n) is 11.5. The largest absolute Gasteiger partial charge is 0.493 e. The number of allylic oxidation sites excluding steroid dienone is 2. The van der Waals surface area contributed by atoms with Crippen LogP contribution in [0.1, 0.15) is 50.8 Å². The summed E-state index contributed by atoms with van der Waals surface area (Å²) in [6.07, 6.45) is 2.22. The van der Waals surface area contributed by atoms with Gasteiger partial charge in [0.2, 0.25) is 11.1 Å². The zero-order valence-corrected chi connectivity index (χ0v) is 22.7. The SMILES string of the molecule is CCCCSc1nc2n(n1)C(c1ccc(OCc3ccc(Br)cc3)c(OC)c1)C(C(C)=O)=C(C)N2. The Balaban J connectivity index is 1.66. The van der Waals surface area contributed by atoms with Gasteiger partial charge in [0.05, 0.1) is 7.11 Å². The van der Waals surface area contributed by atoms with Crippen LogP contribution in [0.15, 0.2) is 63.4 Å². The molecule has 2 aromatic carbocycles. The molecule has 9 heteroatoms. The third-order valence-electron chi connectivity index (χ3n) is 5.75. The van der Waals surface area contributed by atoms with Crippen LogP contribution in [-0.4, -0.2) is 33.4 Å². The Labute approximate surface area is 218 Å². The topological polar surface area (TPSA) is 78.3 Å². The van der Waals surface area contributed by atoms with Gasteiger partial charge in [0.25, 0.3) is 0 Å². The zero-order chi connectivity index (χ0) is 24.9. The van der Waals surface area contributed by atoms with Gasteiger partial charge in [-0.15, -0.1) is 5.10 Å². The molecule has 7 nitrogen and oxygen atoms in total. The summed E-state index contributed by atoms with van der Waals surface area (Å²) < 4.78 is 14.5. The highest BCUT2D eigenvalue weighted by Crippen LogP contribution is 2.39. The molecule has 3 aromatic rings. The van der Waals surface area contributed by atoms with Crippen LogP contribution in [0, 0.1) is 0 Å². The number of nitrogens with one attached hydrogen (secondary N) is 1. The Morgan fingerprint density at radius 1 is 1.20 bits per heavy atom. The predicted molar refractivity (Wildman–Crippen MR) is 142 cm³/mol. The first kappa shape index (κ1) is 25.3. The average molecular weight is 558 g/mol. The van der Waals surface area contributed by atoms with E-state index in [0.29, 0.717) is 34.8 Å². The lowest BCUT2D eigenvalue weighted by Crippen LogP contribution is -2.27. The molecular weight excluding hydrogens is 528 g/mol. The minimum absolute atomic E-state index is 0.0177. The van der Waals surface area contributed by atoms with Gasteiger partial charge in [-0.1, -0.05) is 59.2 Å². The molecule has 0 spiro atoms. The second-order valence-electron chi connectivity index (χ2n) is 8.31. The molecule has 0 aliphatic carbocycles. The first-order valence-corrected chi connectivity index (χ1v) is 13.3. The summed E-state index contributed by atoms with van der Waals surface area (Å²) in [6, 6.07) is 13.3. The number of rotatable bonds is 10. The number of thioether (sulfide) groups is 1. The maximum absolute atomic E-state index is 12.7. The minimum Gasteiger partial charge on any atom is -0.493 e. The van der Waals surface area contributed by atoms with Crippen LogP contribution < -0.4 is 14.8 Å². The molecule has 0 radical (unpaired) electrons. The number of ether oxygens (including phenoxy) is 2. The Morgan fingerprint density at radius 3 is 2.66 bits per heavy atom. The lowest BCUT2D eigenvalue weighted by molar-refractivity contribution is -0.114. The number of unbranched alkanes of at least 4 members (excludes halogenated alkanes) is 1. The van der Waals surface area contributed by atoms with Crippen LogP contribution in [0.4, 0.5) is 5.95 Å². The quantitative estimate of drug-likeness (QED) is 0.228. The third-order valence-corrected chi connectivity index (χ3v) is 7.21. The van der Waals surface area contributed by atoms with Crippen LogP contribution in [0.2, 0.25) is 0 Å². The van der Waals surface area contributed by atoms with E-state index in [-0.39, 0.29) is 5.78 Å². The number of halogens is 1. The van der Waals surface area contributed by atoms with Crippen molar-refractivity contribution in [3.05, 3.63) is 69.3 Å². The van der Waals surface area contributed by atoms with Gasteiger partial charge in [-0.3, -0.25) is 4.79 Å². The van der Waals surface area contributed by atoms with Gasteiger partial charge in [0.1, 0.15) is 12.6 Å². The van der Waals surface area contributed by atoms with Gasteiger partial charge in [0.15, 0.2) is 17.3 Å². The molecule has 4 rings (SSSR count). The highest BCUT2D eigenvalue weighted by Gasteiger charge is 2.33. The molecule has 0 amide bonds. The van der Waals surface area contributed by atoms with Crippen molar-refractivity contribution >= 4 is 39.4 Å². The average Bonchev–Trinajstić information content (AvgIpc) is 3.25. The molecular formula is C26H29BrN4O3S. The fourth-order valence-corrected chi connectivity index (χ4v) is 5.16. The second-order valence-corrected chi connectivity index (χ2v) is 10.3. The molecule has 2 heterocycles. The molecule has 1 N–H and O–H groups in total. The van der Waals surface area contributed by atoms with Gasteiger partial charge < -0.3 is 14.8 Å². The molecule has 1 atom stereocenters. The van der Waals surface area contributed by atoms with Crippen LogP contribution in [0.3, 0.4) is 0 Å². The Hall–Kier alpha value is -2.78. The summed E-state index contributed by atoms with van der Waals surface area (Å²) in [5.74, 6) is 2.79. The highest BCUT2D eigenvalue weighted by atomic mass is 79.9. The normalized spacial score (nSPS) is 14.9. The first-order chi connectivity index (χ1) is 16.9. The highest BCUT2D eigenvalue weighted by molar-refractivity contribution is 9.10. The van der Waals surface area contributed by atoms with E-state index in [0.717, 1.165) is 39.9 Å². The van der Waals surface area contributed by atoms with Gasteiger partial charge in [0, 0.05) is 21.5 Å². The lowest BCUT2D eigenvalue weighted by atomic mass is 9.93. The lowest BCUT2D eigenvalue weighted by Gasteiger charge is -2.28. The second kappa shape index (κ2) is 11.3. The van der Waals surface area contributed by atoms with Crippen molar-refractivity contribution in [2.75, 3.05) is 18.2 Å². The molecule has 1 aromatic heterocycles. The van der Waals surface area contributed by atoms with Crippen LogP contribution in [0.25, 0.3) is 0 Å². The number of carbonyl (C=O) groups is 1. The van der Waals surface area contributed by atoms with Crippen LogP contribution >= 0.6 is 27.7 Å². The minimum atomic E-state index is -0.411. The fourth-order valence-electron chi connectivity index (χ4n) is 3.98.